The molecule has 51 heavy (non-hydrogen) atoms. The molecule has 2 N–H and O–H groups in total. The molecule has 1 amide bonds. The van der Waals surface area contributed by atoms with Gasteiger partial charge in [0.2, 0.25) is 5.91 Å². The van der Waals surface area contributed by atoms with Crippen LogP contribution < -0.4 is 20.5 Å². The highest BCUT2D eigenvalue weighted by Crippen LogP contribution is 2.45. The summed E-state index contributed by atoms with van der Waals surface area (Å²) in [6.45, 7) is 11.2. The summed E-state index contributed by atoms with van der Waals surface area (Å²) in [5.74, 6) is -0.715. The van der Waals surface area contributed by atoms with Crippen molar-refractivity contribution in [1.29, 1.82) is 0 Å². The van der Waals surface area contributed by atoms with E-state index in [1.807, 2.05) is 113 Å². The molecule has 5 rings (SSSR count). The van der Waals surface area contributed by atoms with Gasteiger partial charge >= 0.3 is 5.69 Å². The molecule has 2 heterocycles. The molecule has 13 heteroatoms. The topological polar surface area (TPSA) is 130 Å². The zero-order chi connectivity index (χ0) is 37.1. The van der Waals surface area contributed by atoms with Crippen molar-refractivity contribution in [2.45, 2.75) is 76.0 Å². The molecule has 4 atom stereocenters. The Balaban J connectivity index is 1.60. The lowest BCUT2D eigenvalue weighted by molar-refractivity contribution is -0.114. The molecular formula is C38H46FN3O8Si. The monoisotopic (exact) mass is 719 g/mol. The maximum atomic E-state index is 15.2. The molecule has 4 aromatic rings. The Morgan fingerprint density at radius 1 is 0.941 bits per heavy atom. The predicted octanol–water partition coefficient (Wildman–Crippen LogP) is 6.02. The minimum Gasteiger partial charge on any atom is -0.497 e. The summed E-state index contributed by atoms with van der Waals surface area (Å²) in [4.78, 5) is 28.7. The van der Waals surface area contributed by atoms with Crippen molar-refractivity contribution in [2.75, 3.05) is 26.1 Å². The maximum Gasteiger partial charge on any atom is 0.351 e. The third kappa shape index (κ3) is 7.77. The molecule has 0 bridgehead atoms. The van der Waals surface area contributed by atoms with Crippen molar-refractivity contribution in [3.63, 3.8) is 0 Å². The van der Waals surface area contributed by atoms with Gasteiger partial charge in [0, 0.05) is 6.92 Å². The summed E-state index contributed by atoms with van der Waals surface area (Å²) >= 11 is 0. The molecule has 1 aromatic heterocycles. The second-order valence-electron chi connectivity index (χ2n) is 14.0. The lowest BCUT2D eigenvalue weighted by Crippen LogP contribution is -2.49. The number of aliphatic hydroxyl groups excluding tert-OH is 1. The Hall–Kier alpha value is -4.40. The van der Waals surface area contributed by atoms with Gasteiger partial charge in [0.15, 0.2) is 26.2 Å². The fourth-order valence-corrected chi connectivity index (χ4v) is 7.18. The number of carbonyl (C=O) groups excluding carboxylic acids is 1. The lowest BCUT2D eigenvalue weighted by atomic mass is 9.80. The Morgan fingerprint density at radius 2 is 1.47 bits per heavy atom. The number of carbonyl (C=O) groups is 1. The number of aromatic nitrogens is 2. The number of ether oxygens (including phenoxy) is 4. The molecule has 0 radical (unpaired) electrons. The van der Waals surface area contributed by atoms with Crippen molar-refractivity contribution in [3.8, 4) is 11.5 Å². The molecule has 1 aliphatic heterocycles. The van der Waals surface area contributed by atoms with E-state index in [0.29, 0.717) is 11.5 Å². The fourth-order valence-electron chi connectivity index (χ4n) is 5.89. The van der Waals surface area contributed by atoms with Crippen molar-refractivity contribution in [2.24, 2.45) is 0 Å². The number of nitrogens with one attached hydrogen (secondary N) is 1. The summed E-state index contributed by atoms with van der Waals surface area (Å²) < 4.78 is 47.2. The van der Waals surface area contributed by atoms with E-state index in [2.05, 4.69) is 10.3 Å². The second kappa shape index (κ2) is 15.1. The average Bonchev–Trinajstić information content (AvgIpc) is 3.40. The van der Waals surface area contributed by atoms with Crippen LogP contribution in [0.25, 0.3) is 0 Å². The highest BCUT2D eigenvalue weighted by atomic mass is 28.4. The van der Waals surface area contributed by atoms with E-state index in [-0.39, 0.29) is 11.6 Å². The largest absolute Gasteiger partial charge is 0.497 e. The number of amides is 1. The lowest BCUT2D eigenvalue weighted by Gasteiger charge is -2.40. The van der Waals surface area contributed by atoms with E-state index < -0.39 is 61.7 Å². The summed E-state index contributed by atoms with van der Waals surface area (Å²) in [5, 5.41) is 13.9. The van der Waals surface area contributed by atoms with Crippen LogP contribution in [0.2, 0.25) is 18.1 Å². The first kappa shape index (κ1) is 37.8. The highest BCUT2D eigenvalue weighted by Gasteiger charge is 2.52. The van der Waals surface area contributed by atoms with Gasteiger partial charge in [-0.3, -0.25) is 9.36 Å². The van der Waals surface area contributed by atoms with E-state index in [9.17, 15) is 14.7 Å². The van der Waals surface area contributed by atoms with Crippen LogP contribution in [0.5, 0.6) is 11.5 Å². The van der Waals surface area contributed by atoms with Crippen LogP contribution in [-0.2, 0) is 24.3 Å². The summed E-state index contributed by atoms with van der Waals surface area (Å²) in [7, 11) is 0.582. The van der Waals surface area contributed by atoms with Gasteiger partial charge < -0.3 is 33.8 Å². The first-order valence-corrected chi connectivity index (χ1v) is 19.6. The second-order valence-corrected chi connectivity index (χ2v) is 18.8. The van der Waals surface area contributed by atoms with Gasteiger partial charge in [-0.25, -0.2) is 9.18 Å². The summed E-state index contributed by atoms with van der Waals surface area (Å²) in [6.07, 6.45) is -3.77. The van der Waals surface area contributed by atoms with Crippen LogP contribution in [0, 0.1) is 5.82 Å². The normalized spacial score (nSPS) is 19.5. The van der Waals surface area contributed by atoms with Crippen LogP contribution in [-0.4, -0.2) is 68.0 Å². The summed E-state index contributed by atoms with van der Waals surface area (Å²) in [6, 6.07) is 24.7. The highest BCUT2D eigenvalue weighted by molar-refractivity contribution is 6.74. The van der Waals surface area contributed by atoms with Crippen LogP contribution in [0.3, 0.4) is 0 Å². The smallest absolute Gasteiger partial charge is 0.351 e. The van der Waals surface area contributed by atoms with Crippen molar-refractivity contribution in [1.82, 2.24) is 9.55 Å². The molecule has 0 spiro atoms. The Bertz CT molecular complexity index is 1820. The molecule has 0 unspecified atom stereocenters. The number of hydrogen-bond donors (Lipinski definition) is 2. The average molecular weight is 720 g/mol. The number of aliphatic hydroxyl groups is 1. The zero-order valence-corrected chi connectivity index (χ0v) is 31.2. The third-order valence-electron chi connectivity index (χ3n) is 9.66. The number of rotatable bonds is 12. The van der Waals surface area contributed by atoms with E-state index in [1.54, 1.807) is 14.2 Å². The number of methoxy groups -OCH3 is 2. The van der Waals surface area contributed by atoms with Crippen LogP contribution in [0.15, 0.2) is 89.9 Å². The van der Waals surface area contributed by atoms with E-state index in [0.717, 1.165) is 27.5 Å². The molecule has 0 aliphatic carbocycles. The van der Waals surface area contributed by atoms with Crippen LogP contribution >= 0.6 is 0 Å². The minimum atomic E-state index is -2.61. The number of nitrogens with zero attached hydrogens (tertiary/aromatic N) is 2. The molecule has 1 aliphatic rings. The molecule has 1 fully saturated rings. The fraction of sp³-hybridized carbons (Fsp3) is 0.395. The van der Waals surface area contributed by atoms with Gasteiger partial charge in [0.05, 0.1) is 27.0 Å². The van der Waals surface area contributed by atoms with Gasteiger partial charge in [-0.2, -0.15) is 4.98 Å². The molecule has 11 nitrogen and oxygen atoms in total. The van der Waals surface area contributed by atoms with E-state index in [4.69, 9.17) is 23.4 Å². The standard InChI is InChI=1S/C38H46FN3O8Si/c1-24(43)40-34-30(39)22-42(36(45)41-34)35-33(50-51(7,8)37(2,3)4)32(44)31(49-35)23-48-38(25-12-10-9-11-13-25,26-14-18-28(46-5)19-15-26)27-16-20-29(47-6)21-17-27/h9-22,31-33,35,44H,23H2,1-8H3,(H,40,41,43,45)/t31-,32-,33-,35-/m1/s1. The van der Waals surface area contributed by atoms with Crippen molar-refractivity contribution in [3.05, 3.63) is 118 Å². The number of halogens is 1. The Labute approximate surface area is 298 Å². The summed E-state index contributed by atoms with van der Waals surface area (Å²) in [5.41, 5.74) is 0.233. The van der Waals surface area contributed by atoms with Crippen molar-refractivity contribution >= 4 is 20.0 Å². The molecular weight excluding hydrogens is 674 g/mol. The number of benzene rings is 3. The van der Waals surface area contributed by atoms with Gasteiger partial charge in [-0.05, 0) is 59.1 Å². The molecule has 272 valence electrons. The first-order chi connectivity index (χ1) is 24.1. The van der Waals surface area contributed by atoms with Gasteiger partial charge in [0.1, 0.15) is 35.4 Å². The zero-order valence-electron chi connectivity index (χ0n) is 30.2. The first-order valence-electron chi connectivity index (χ1n) is 16.7. The van der Waals surface area contributed by atoms with Gasteiger partial charge in [-0.15, -0.1) is 0 Å². The SMILES string of the molecule is COc1ccc(C(OC[C@H]2O[C@@H](n3cc(F)c(NC(C)=O)nc3=O)[C@H](O[Si](C)(C)C(C)(C)C)[C@@H]2O)(c2ccccc2)c2ccc(OC)cc2)cc1. The Morgan fingerprint density at radius 3 is 1.96 bits per heavy atom. The van der Waals surface area contributed by atoms with Crippen LogP contribution in [0.1, 0.15) is 50.6 Å². The third-order valence-corrected chi connectivity index (χ3v) is 14.1. The quantitative estimate of drug-likeness (QED) is 0.134. The molecule has 0 saturated carbocycles. The molecule has 1 saturated heterocycles. The number of hydrogen-bond acceptors (Lipinski definition) is 9. The molecule has 3 aromatic carbocycles. The van der Waals surface area contributed by atoms with Crippen molar-refractivity contribution < 1.29 is 37.7 Å². The van der Waals surface area contributed by atoms with Crippen LogP contribution in [0.4, 0.5) is 10.2 Å². The van der Waals surface area contributed by atoms with E-state index >= 15 is 4.39 Å². The minimum absolute atomic E-state index is 0.170. The Kier molecular flexibility index (Phi) is 11.2. The van der Waals surface area contributed by atoms with Gasteiger partial charge in [-0.1, -0.05) is 75.4 Å². The maximum absolute atomic E-state index is 15.2. The predicted molar refractivity (Wildman–Crippen MR) is 193 cm³/mol. The number of anilines is 1. The van der Waals surface area contributed by atoms with E-state index in [1.165, 1.54) is 6.92 Å². The van der Waals surface area contributed by atoms with Gasteiger partial charge in [0.25, 0.3) is 0 Å².